The van der Waals surface area contributed by atoms with Crippen molar-refractivity contribution in [3.63, 3.8) is 0 Å². The molecule has 3 heteroatoms. The second-order valence-electron chi connectivity index (χ2n) is 4.70. The van der Waals surface area contributed by atoms with Crippen molar-refractivity contribution in [2.24, 2.45) is 5.92 Å². The molecule has 1 N–H and O–H groups in total. The molecule has 88 valence electrons. The van der Waals surface area contributed by atoms with Gasteiger partial charge < -0.3 is 5.32 Å². The van der Waals surface area contributed by atoms with Crippen LogP contribution in [0.25, 0.3) is 0 Å². The number of rotatable bonds is 5. The van der Waals surface area contributed by atoms with Gasteiger partial charge in [-0.05, 0) is 43.4 Å². The van der Waals surface area contributed by atoms with E-state index in [9.17, 15) is 4.39 Å². The number of halogens is 2. The zero-order chi connectivity index (χ0) is 11.5. The van der Waals surface area contributed by atoms with Crippen LogP contribution >= 0.6 is 11.6 Å². The van der Waals surface area contributed by atoms with Gasteiger partial charge in [-0.2, -0.15) is 0 Å². The molecule has 2 rings (SSSR count). The molecule has 1 aliphatic carbocycles. The zero-order valence-electron chi connectivity index (χ0n) is 9.47. The average Bonchev–Trinajstić information content (AvgIpc) is 3.06. The smallest absolute Gasteiger partial charge is 0.142 e. The van der Waals surface area contributed by atoms with Gasteiger partial charge in [-0.1, -0.05) is 30.7 Å². The second-order valence-corrected chi connectivity index (χ2v) is 5.08. The molecule has 1 unspecified atom stereocenters. The lowest BCUT2D eigenvalue weighted by molar-refractivity contribution is 0.507. The summed E-state index contributed by atoms with van der Waals surface area (Å²) in [5.74, 6) is 0.168. The van der Waals surface area contributed by atoms with Crippen molar-refractivity contribution in [2.45, 2.75) is 32.2 Å². The molecule has 0 spiro atoms. The van der Waals surface area contributed by atoms with Gasteiger partial charge in [0.2, 0.25) is 0 Å². The third-order valence-corrected chi connectivity index (χ3v) is 3.36. The van der Waals surface area contributed by atoms with Gasteiger partial charge in [0, 0.05) is 6.04 Å². The lowest BCUT2D eigenvalue weighted by atomic mass is 10.0. The molecule has 0 saturated heterocycles. The Kier molecular flexibility index (Phi) is 3.82. The van der Waals surface area contributed by atoms with Gasteiger partial charge in [0.05, 0.1) is 5.02 Å². The third kappa shape index (κ3) is 3.19. The fourth-order valence-corrected chi connectivity index (χ4v) is 2.01. The Balaban J connectivity index is 1.88. The molecular formula is C13H17ClFN. The summed E-state index contributed by atoms with van der Waals surface area (Å²) in [4.78, 5) is 0. The van der Waals surface area contributed by atoms with E-state index in [-0.39, 0.29) is 10.8 Å². The number of hydrogen-bond donors (Lipinski definition) is 1. The summed E-state index contributed by atoms with van der Waals surface area (Å²) in [7, 11) is 0. The monoisotopic (exact) mass is 241 g/mol. The van der Waals surface area contributed by atoms with E-state index in [0.29, 0.717) is 5.92 Å². The Bertz CT molecular complexity index is 363. The standard InChI is InChI=1S/C13H17ClFN/c1-9(8-16-11-5-6-11)7-10-3-2-4-12(15)13(10)14/h2-4,9,11,16H,5-8H2,1H3. The Morgan fingerprint density at radius 2 is 2.25 bits per heavy atom. The van der Waals surface area contributed by atoms with Crippen LogP contribution in [-0.4, -0.2) is 12.6 Å². The largest absolute Gasteiger partial charge is 0.314 e. The van der Waals surface area contributed by atoms with E-state index in [1.807, 2.05) is 6.07 Å². The predicted octanol–water partition coefficient (Wildman–Crippen LogP) is 3.41. The van der Waals surface area contributed by atoms with Gasteiger partial charge in [0.15, 0.2) is 0 Å². The zero-order valence-corrected chi connectivity index (χ0v) is 10.2. The third-order valence-electron chi connectivity index (χ3n) is 2.93. The maximum atomic E-state index is 13.2. The normalized spacial score (nSPS) is 17.4. The van der Waals surface area contributed by atoms with E-state index < -0.39 is 0 Å². The van der Waals surface area contributed by atoms with Gasteiger partial charge in [-0.15, -0.1) is 0 Å². The van der Waals surface area contributed by atoms with Gasteiger partial charge in [0.25, 0.3) is 0 Å². The number of hydrogen-bond acceptors (Lipinski definition) is 1. The summed E-state index contributed by atoms with van der Waals surface area (Å²) in [5.41, 5.74) is 0.909. The highest BCUT2D eigenvalue weighted by molar-refractivity contribution is 6.31. The molecule has 1 saturated carbocycles. The van der Waals surface area contributed by atoms with Crippen molar-refractivity contribution in [1.29, 1.82) is 0 Å². The maximum absolute atomic E-state index is 13.2. The molecular weight excluding hydrogens is 225 g/mol. The van der Waals surface area contributed by atoms with Crippen molar-refractivity contribution in [1.82, 2.24) is 5.32 Å². The Morgan fingerprint density at radius 1 is 1.50 bits per heavy atom. The van der Waals surface area contributed by atoms with Crippen LogP contribution in [0.1, 0.15) is 25.3 Å². The molecule has 16 heavy (non-hydrogen) atoms. The lowest BCUT2D eigenvalue weighted by Crippen LogP contribution is -2.24. The lowest BCUT2D eigenvalue weighted by Gasteiger charge is -2.13. The topological polar surface area (TPSA) is 12.0 Å². The SMILES string of the molecule is CC(CNC1CC1)Cc1cccc(F)c1Cl. The molecule has 0 heterocycles. The van der Waals surface area contributed by atoms with Crippen molar-refractivity contribution >= 4 is 11.6 Å². The Hall–Kier alpha value is -0.600. The highest BCUT2D eigenvalue weighted by atomic mass is 35.5. The minimum absolute atomic E-state index is 0.278. The first-order valence-corrected chi connectivity index (χ1v) is 6.21. The van der Waals surface area contributed by atoms with E-state index in [1.165, 1.54) is 18.9 Å². The van der Waals surface area contributed by atoms with Crippen LogP contribution in [0.5, 0.6) is 0 Å². The molecule has 0 aromatic heterocycles. The van der Waals surface area contributed by atoms with Crippen molar-refractivity contribution < 1.29 is 4.39 Å². The first kappa shape index (κ1) is 11.9. The number of nitrogens with one attached hydrogen (secondary N) is 1. The number of benzene rings is 1. The first-order chi connectivity index (χ1) is 7.66. The highest BCUT2D eigenvalue weighted by Gasteiger charge is 2.21. The fraction of sp³-hybridized carbons (Fsp3) is 0.538. The quantitative estimate of drug-likeness (QED) is 0.833. The van der Waals surface area contributed by atoms with Crippen LogP contribution in [0.2, 0.25) is 5.02 Å². The Labute approximate surface area is 101 Å². The van der Waals surface area contributed by atoms with Crippen molar-refractivity contribution in [2.75, 3.05) is 6.54 Å². The molecule has 0 bridgehead atoms. The molecule has 1 aromatic carbocycles. The van der Waals surface area contributed by atoms with E-state index in [2.05, 4.69) is 12.2 Å². The summed E-state index contributed by atoms with van der Waals surface area (Å²) in [5, 5.41) is 3.75. The summed E-state index contributed by atoms with van der Waals surface area (Å²) in [6.07, 6.45) is 3.43. The van der Waals surface area contributed by atoms with Crippen LogP contribution < -0.4 is 5.32 Å². The van der Waals surface area contributed by atoms with Crippen LogP contribution in [-0.2, 0) is 6.42 Å². The van der Waals surface area contributed by atoms with Crippen molar-refractivity contribution in [3.05, 3.63) is 34.6 Å². The van der Waals surface area contributed by atoms with E-state index in [0.717, 1.165) is 24.6 Å². The van der Waals surface area contributed by atoms with Crippen LogP contribution in [0.3, 0.4) is 0 Å². The predicted molar refractivity (Wildman–Crippen MR) is 65.3 cm³/mol. The van der Waals surface area contributed by atoms with E-state index in [1.54, 1.807) is 6.07 Å². The minimum Gasteiger partial charge on any atom is -0.314 e. The van der Waals surface area contributed by atoms with Crippen molar-refractivity contribution in [3.8, 4) is 0 Å². The van der Waals surface area contributed by atoms with E-state index >= 15 is 0 Å². The molecule has 1 aromatic rings. The summed E-state index contributed by atoms with van der Waals surface area (Å²) >= 11 is 5.92. The van der Waals surface area contributed by atoms with Gasteiger partial charge >= 0.3 is 0 Å². The van der Waals surface area contributed by atoms with E-state index in [4.69, 9.17) is 11.6 Å². The molecule has 0 amide bonds. The molecule has 1 atom stereocenters. The minimum atomic E-state index is -0.318. The summed E-state index contributed by atoms with van der Waals surface area (Å²) in [6.45, 7) is 3.15. The first-order valence-electron chi connectivity index (χ1n) is 5.83. The van der Waals surface area contributed by atoms with Gasteiger partial charge in [-0.25, -0.2) is 4.39 Å². The van der Waals surface area contributed by atoms with Crippen LogP contribution in [0, 0.1) is 11.7 Å². The maximum Gasteiger partial charge on any atom is 0.142 e. The van der Waals surface area contributed by atoms with Gasteiger partial charge in [-0.3, -0.25) is 0 Å². The summed E-state index contributed by atoms with van der Waals surface area (Å²) < 4.78 is 13.2. The van der Waals surface area contributed by atoms with Crippen LogP contribution in [0.4, 0.5) is 4.39 Å². The molecule has 1 nitrogen and oxygen atoms in total. The average molecular weight is 242 g/mol. The molecule has 1 aliphatic rings. The summed E-state index contributed by atoms with van der Waals surface area (Å²) in [6, 6.07) is 5.75. The second kappa shape index (κ2) is 5.15. The Morgan fingerprint density at radius 3 is 2.94 bits per heavy atom. The molecule has 1 fully saturated rings. The molecule has 0 radical (unpaired) electrons. The van der Waals surface area contributed by atoms with Crippen LogP contribution in [0.15, 0.2) is 18.2 Å². The highest BCUT2D eigenvalue weighted by Crippen LogP contribution is 2.23. The fourth-order valence-electron chi connectivity index (χ4n) is 1.81. The van der Waals surface area contributed by atoms with Gasteiger partial charge in [0.1, 0.15) is 5.82 Å². The molecule has 0 aliphatic heterocycles.